The number of aliphatic carboxylic acids is 1. The van der Waals surface area contributed by atoms with Crippen LogP contribution < -0.4 is 9.64 Å². The predicted octanol–water partition coefficient (Wildman–Crippen LogP) is 4.56. The smallest absolute Gasteiger partial charge is 0.348 e. The van der Waals surface area contributed by atoms with Crippen LogP contribution in [0.1, 0.15) is 24.0 Å². The third-order valence-corrected chi connectivity index (χ3v) is 6.63. The minimum atomic E-state index is -1.21. The zero-order valence-electron chi connectivity index (χ0n) is 15.8. The molecule has 30 heavy (non-hydrogen) atoms. The summed E-state index contributed by atoms with van der Waals surface area (Å²) in [5.74, 6) is -0.557. The van der Waals surface area contributed by atoms with Crippen LogP contribution in [0, 0.1) is 5.82 Å². The Balaban J connectivity index is 1.51. The monoisotopic (exact) mass is 445 g/mol. The van der Waals surface area contributed by atoms with Crippen LogP contribution in [0.15, 0.2) is 36.4 Å². The maximum atomic E-state index is 13.5. The zero-order chi connectivity index (χ0) is 20.9. The number of carbonyl (C=O) groups is 1. The van der Waals surface area contributed by atoms with E-state index in [0.29, 0.717) is 48.3 Å². The highest BCUT2D eigenvalue weighted by Crippen LogP contribution is 2.41. The highest BCUT2D eigenvalue weighted by molar-refractivity contribution is 7.19. The van der Waals surface area contributed by atoms with E-state index in [1.165, 1.54) is 17.4 Å². The maximum absolute atomic E-state index is 13.5. The molecule has 0 amide bonds. The summed E-state index contributed by atoms with van der Waals surface area (Å²) in [4.78, 5) is 23.6. The van der Waals surface area contributed by atoms with Crippen LogP contribution in [0.4, 0.5) is 10.3 Å². The van der Waals surface area contributed by atoms with Crippen LogP contribution in [0.25, 0.3) is 10.6 Å². The molecule has 1 fully saturated rings. The van der Waals surface area contributed by atoms with E-state index in [2.05, 4.69) is 4.98 Å². The van der Waals surface area contributed by atoms with Crippen molar-refractivity contribution in [3.63, 3.8) is 0 Å². The first-order chi connectivity index (χ1) is 14.4. The average molecular weight is 446 g/mol. The molecule has 5 rings (SSSR count). The second kappa shape index (κ2) is 7.21. The Morgan fingerprint density at radius 2 is 2.03 bits per heavy atom. The molecular formula is C21H17ClFN3O3S. The fourth-order valence-corrected chi connectivity index (χ4v) is 4.55. The Labute approximate surface area is 180 Å². The normalized spacial score (nSPS) is 16.8. The Hall–Kier alpha value is -2.71. The van der Waals surface area contributed by atoms with Crippen molar-refractivity contribution in [3.05, 3.63) is 57.7 Å². The van der Waals surface area contributed by atoms with Crippen LogP contribution >= 0.6 is 22.9 Å². The molecule has 1 aliphatic heterocycles. The molecule has 1 aliphatic carbocycles. The van der Waals surface area contributed by atoms with Crippen LogP contribution in [0.5, 0.6) is 5.88 Å². The number of hydrogen-bond donors (Lipinski definition) is 1. The van der Waals surface area contributed by atoms with Gasteiger partial charge in [-0.3, -0.25) is 0 Å². The molecule has 3 aromatic rings. The molecule has 0 radical (unpaired) electrons. The number of hydrogen-bond acceptors (Lipinski definition) is 6. The Kier molecular flexibility index (Phi) is 4.63. The lowest BCUT2D eigenvalue weighted by molar-refractivity contribution is -0.147. The first-order valence-corrected chi connectivity index (χ1v) is 10.7. The molecule has 0 saturated heterocycles. The molecule has 0 bridgehead atoms. The fraction of sp³-hybridized carbons (Fsp3) is 0.286. The molecule has 2 aromatic heterocycles. The maximum Gasteiger partial charge on any atom is 0.348 e. The van der Waals surface area contributed by atoms with Gasteiger partial charge in [-0.15, -0.1) is 11.3 Å². The van der Waals surface area contributed by atoms with Crippen LogP contribution in [0.3, 0.4) is 0 Å². The molecule has 3 heterocycles. The van der Waals surface area contributed by atoms with E-state index in [4.69, 9.17) is 21.3 Å². The summed E-state index contributed by atoms with van der Waals surface area (Å²) in [6.45, 7) is 1.16. The first-order valence-electron chi connectivity index (χ1n) is 9.51. The largest absolute Gasteiger partial charge is 0.478 e. The van der Waals surface area contributed by atoms with E-state index in [-0.39, 0.29) is 11.7 Å². The van der Waals surface area contributed by atoms with Gasteiger partial charge in [0.15, 0.2) is 0 Å². The first kappa shape index (κ1) is 19.3. The lowest BCUT2D eigenvalue weighted by atomic mass is 10.00. The van der Waals surface area contributed by atoms with Crippen molar-refractivity contribution in [3.8, 4) is 16.5 Å². The standard InChI is InChI=1S/C21H17ClFN3O3S/c22-17-4-3-16(30-17)15-10-18(29-21(6-7-21)19(27)28)25-20(24-15)26-8-5-12-9-14(23)2-1-13(12)11-26/h1-4,9-10H,5-8,11H2,(H,27,28). The van der Waals surface area contributed by atoms with Crippen molar-refractivity contribution < 1.29 is 19.0 Å². The SMILES string of the molecule is O=C(O)C1(Oc2cc(-c3ccc(Cl)s3)nc(N3CCc4cc(F)ccc4C3)n2)CC1. The van der Waals surface area contributed by atoms with Crippen LogP contribution in [-0.2, 0) is 17.8 Å². The summed E-state index contributed by atoms with van der Waals surface area (Å²) in [6.07, 6.45) is 1.57. The number of carboxylic acids is 1. The van der Waals surface area contributed by atoms with Gasteiger partial charge in [-0.25, -0.2) is 14.2 Å². The van der Waals surface area contributed by atoms with Gasteiger partial charge in [-0.1, -0.05) is 17.7 Å². The second-order valence-corrected chi connectivity index (χ2v) is 9.20. The van der Waals surface area contributed by atoms with Gasteiger partial charge in [0.05, 0.1) is 14.9 Å². The molecular weight excluding hydrogens is 429 g/mol. The molecule has 0 unspecified atom stereocenters. The number of nitrogens with zero attached hydrogens (tertiary/aromatic N) is 3. The molecule has 1 saturated carbocycles. The van der Waals surface area contributed by atoms with Crippen molar-refractivity contribution in [1.82, 2.24) is 9.97 Å². The van der Waals surface area contributed by atoms with Crippen LogP contribution in [-0.4, -0.2) is 33.2 Å². The number of rotatable bonds is 5. The predicted molar refractivity (Wildman–Crippen MR) is 112 cm³/mol. The van der Waals surface area contributed by atoms with E-state index in [1.54, 1.807) is 24.3 Å². The van der Waals surface area contributed by atoms with Gasteiger partial charge in [0.25, 0.3) is 0 Å². The Morgan fingerprint density at radius 3 is 2.73 bits per heavy atom. The van der Waals surface area contributed by atoms with Crippen LogP contribution in [0.2, 0.25) is 4.34 Å². The minimum absolute atomic E-state index is 0.226. The van der Waals surface area contributed by atoms with Crippen molar-refractivity contribution in [1.29, 1.82) is 0 Å². The number of fused-ring (bicyclic) bond motifs is 1. The Morgan fingerprint density at radius 1 is 1.20 bits per heavy atom. The number of halogens is 2. The zero-order valence-corrected chi connectivity index (χ0v) is 17.3. The molecule has 2 aliphatic rings. The molecule has 154 valence electrons. The van der Waals surface area contributed by atoms with Crippen molar-refractivity contribution in [2.45, 2.75) is 31.4 Å². The minimum Gasteiger partial charge on any atom is -0.478 e. The van der Waals surface area contributed by atoms with E-state index in [9.17, 15) is 14.3 Å². The summed E-state index contributed by atoms with van der Waals surface area (Å²) in [7, 11) is 0. The molecule has 0 atom stereocenters. The van der Waals surface area contributed by atoms with E-state index >= 15 is 0 Å². The average Bonchev–Trinajstić information content (AvgIpc) is 3.38. The number of benzene rings is 1. The van der Waals surface area contributed by atoms with Crippen molar-refractivity contribution in [2.24, 2.45) is 0 Å². The number of ether oxygens (including phenoxy) is 1. The summed E-state index contributed by atoms with van der Waals surface area (Å²) in [5.41, 5.74) is 1.41. The fourth-order valence-electron chi connectivity index (χ4n) is 3.55. The van der Waals surface area contributed by atoms with Gasteiger partial charge in [-0.2, -0.15) is 4.98 Å². The van der Waals surface area contributed by atoms with E-state index in [1.807, 2.05) is 11.0 Å². The summed E-state index contributed by atoms with van der Waals surface area (Å²) in [6, 6.07) is 10.1. The molecule has 1 aromatic carbocycles. The van der Waals surface area contributed by atoms with Gasteiger partial charge >= 0.3 is 5.97 Å². The van der Waals surface area contributed by atoms with Gasteiger partial charge < -0.3 is 14.7 Å². The summed E-state index contributed by atoms with van der Waals surface area (Å²) < 4.78 is 20.0. The molecule has 6 nitrogen and oxygen atoms in total. The van der Waals surface area contributed by atoms with Crippen molar-refractivity contribution in [2.75, 3.05) is 11.4 Å². The molecule has 0 spiro atoms. The van der Waals surface area contributed by atoms with Gasteiger partial charge in [0, 0.05) is 32.0 Å². The van der Waals surface area contributed by atoms with Crippen molar-refractivity contribution >= 4 is 34.9 Å². The summed E-state index contributed by atoms with van der Waals surface area (Å²) >= 11 is 7.47. The highest BCUT2D eigenvalue weighted by atomic mass is 35.5. The number of carboxylic acid groups (broad SMARTS) is 1. The van der Waals surface area contributed by atoms with E-state index < -0.39 is 11.6 Å². The summed E-state index contributed by atoms with van der Waals surface area (Å²) in [5, 5.41) is 9.48. The van der Waals surface area contributed by atoms with Gasteiger partial charge in [0.1, 0.15) is 5.82 Å². The second-order valence-electron chi connectivity index (χ2n) is 7.48. The van der Waals surface area contributed by atoms with Gasteiger partial charge in [0.2, 0.25) is 17.4 Å². The molecule has 9 heteroatoms. The van der Waals surface area contributed by atoms with Gasteiger partial charge in [-0.05, 0) is 41.8 Å². The molecule has 1 N–H and O–H groups in total. The quantitative estimate of drug-likeness (QED) is 0.620. The highest BCUT2D eigenvalue weighted by Gasteiger charge is 2.54. The lowest BCUT2D eigenvalue weighted by Gasteiger charge is -2.29. The van der Waals surface area contributed by atoms with E-state index in [0.717, 1.165) is 16.0 Å². The number of anilines is 1. The number of thiophene rings is 1. The number of aromatic nitrogens is 2. The topological polar surface area (TPSA) is 75.6 Å². The third-order valence-electron chi connectivity index (χ3n) is 5.37. The lowest BCUT2D eigenvalue weighted by Crippen LogP contribution is -2.33. The Bertz CT molecular complexity index is 1150. The third kappa shape index (κ3) is 3.61.